The number of nitrogens with two attached hydrogens (primary N) is 1. The summed E-state index contributed by atoms with van der Waals surface area (Å²) in [6.07, 6.45) is 1.75. The molecule has 2 N–H and O–H groups in total. The van der Waals surface area contributed by atoms with Crippen molar-refractivity contribution in [1.82, 2.24) is 19.4 Å². The number of hydrogen-bond acceptors (Lipinski definition) is 5. The van der Waals surface area contributed by atoms with Crippen molar-refractivity contribution < 1.29 is 4.79 Å². The van der Waals surface area contributed by atoms with E-state index in [-0.39, 0.29) is 0 Å². The fourth-order valence-corrected chi connectivity index (χ4v) is 4.29. The molecule has 2 saturated heterocycles. The molecule has 7 nitrogen and oxygen atoms in total. The zero-order chi connectivity index (χ0) is 19.8. The second kappa shape index (κ2) is 7.72. The number of amides is 1. The third kappa shape index (κ3) is 3.61. The summed E-state index contributed by atoms with van der Waals surface area (Å²) in [6, 6.07) is 6.24. The molecule has 28 heavy (non-hydrogen) atoms. The van der Waals surface area contributed by atoms with Crippen LogP contribution in [0.4, 0.5) is 10.5 Å². The Labute approximate surface area is 167 Å². The molecule has 152 valence electrons. The van der Waals surface area contributed by atoms with Crippen LogP contribution in [0.2, 0.25) is 0 Å². The van der Waals surface area contributed by atoms with Crippen molar-refractivity contribution in [1.29, 1.82) is 0 Å². The third-order valence-corrected chi connectivity index (χ3v) is 6.16. The number of aryl methyl sites for hydroxylation is 1. The highest BCUT2D eigenvalue weighted by Gasteiger charge is 2.34. The number of imidazole rings is 1. The number of piperazine rings is 1. The SMILES string of the molecule is CC(C)CCc1nc2c(N3CC(N4CCN(C)CC4)C3)cccc2n1C(N)=O. The van der Waals surface area contributed by atoms with Crippen LogP contribution < -0.4 is 10.6 Å². The van der Waals surface area contributed by atoms with E-state index in [1.165, 1.54) is 0 Å². The topological polar surface area (TPSA) is 70.6 Å². The Bertz CT molecular complexity index is 846. The van der Waals surface area contributed by atoms with Crippen LogP contribution in [0.1, 0.15) is 26.1 Å². The summed E-state index contributed by atoms with van der Waals surface area (Å²) in [4.78, 5) is 24.3. The summed E-state index contributed by atoms with van der Waals surface area (Å²) >= 11 is 0. The van der Waals surface area contributed by atoms with Crippen molar-refractivity contribution >= 4 is 22.8 Å². The summed E-state index contributed by atoms with van der Waals surface area (Å²) < 4.78 is 1.60. The molecular weight excluding hydrogens is 352 g/mol. The highest BCUT2D eigenvalue weighted by atomic mass is 16.2. The van der Waals surface area contributed by atoms with Crippen LogP contribution >= 0.6 is 0 Å². The molecule has 2 aliphatic rings. The Kier molecular flexibility index (Phi) is 5.29. The average molecular weight is 385 g/mol. The first-order chi connectivity index (χ1) is 13.4. The van der Waals surface area contributed by atoms with Gasteiger partial charge in [0.2, 0.25) is 0 Å². The molecule has 7 heteroatoms. The number of para-hydroxylation sites is 1. The van der Waals surface area contributed by atoms with Crippen LogP contribution in [-0.2, 0) is 6.42 Å². The number of anilines is 1. The van der Waals surface area contributed by atoms with Crippen molar-refractivity contribution in [2.45, 2.75) is 32.7 Å². The molecule has 0 aliphatic carbocycles. The molecule has 2 aliphatic heterocycles. The van der Waals surface area contributed by atoms with Crippen LogP contribution in [0, 0.1) is 5.92 Å². The molecule has 0 unspecified atom stereocenters. The maximum absolute atomic E-state index is 12.1. The summed E-state index contributed by atoms with van der Waals surface area (Å²) in [7, 11) is 2.19. The maximum atomic E-state index is 12.1. The molecule has 1 aromatic carbocycles. The smallest absolute Gasteiger partial charge is 0.324 e. The zero-order valence-electron chi connectivity index (χ0n) is 17.3. The van der Waals surface area contributed by atoms with E-state index in [1.807, 2.05) is 12.1 Å². The first-order valence-electron chi connectivity index (χ1n) is 10.4. The number of hydrogen-bond donors (Lipinski definition) is 1. The van der Waals surface area contributed by atoms with Gasteiger partial charge in [-0.05, 0) is 31.5 Å². The summed E-state index contributed by atoms with van der Waals surface area (Å²) in [5.74, 6) is 1.33. The molecular formula is C21H32N6O. The summed E-state index contributed by atoms with van der Waals surface area (Å²) in [6.45, 7) is 11.0. The fourth-order valence-electron chi connectivity index (χ4n) is 4.29. The number of rotatable bonds is 5. The number of fused-ring (bicyclic) bond motifs is 1. The molecule has 0 atom stereocenters. The van der Waals surface area contributed by atoms with Gasteiger partial charge in [0, 0.05) is 51.7 Å². The number of benzene rings is 1. The van der Waals surface area contributed by atoms with Crippen LogP contribution in [0.15, 0.2) is 18.2 Å². The number of nitrogens with zero attached hydrogens (tertiary/aromatic N) is 5. The molecule has 3 heterocycles. The van der Waals surface area contributed by atoms with E-state index < -0.39 is 6.03 Å². The molecule has 2 aromatic rings. The van der Waals surface area contributed by atoms with E-state index >= 15 is 0 Å². The minimum absolute atomic E-state index is 0.447. The van der Waals surface area contributed by atoms with Gasteiger partial charge in [-0.3, -0.25) is 4.90 Å². The molecule has 0 bridgehead atoms. The van der Waals surface area contributed by atoms with E-state index in [1.54, 1.807) is 4.57 Å². The van der Waals surface area contributed by atoms with Crippen LogP contribution in [0.25, 0.3) is 11.0 Å². The lowest BCUT2D eigenvalue weighted by Crippen LogP contribution is -2.63. The van der Waals surface area contributed by atoms with E-state index in [4.69, 9.17) is 10.7 Å². The van der Waals surface area contributed by atoms with Gasteiger partial charge in [0.1, 0.15) is 11.3 Å². The van der Waals surface area contributed by atoms with Crippen molar-refractivity contribution in [3.05, 3.63) is 24.0 Å². The maximum Gasteiger partial charge on any atom is 0.324 e. The quantitative estimate of drug-likeness (QED) is 0.854. The predicted molar refractivity (Wildman–Crippen MR) is 113 cm³/mol. The van der Waals surface area contributed by atoms with Gasteiger partial charge in [-0.2, -0.15) is 0 Å². The minimum Gasteiger partial charge on any atom is -0.366 e. The average Bonchev–Trinajstić information content (AvgIpc) is 3.00. The standard InChI is InChI=1S/C21H32N6O/c1-15(2)7-8-19-23-20-17(5-4-6-18(20)27(19)21(22)28)26-13-16(14-26)25-11-9-24(3)10-12-25/h4-6,15-16H,7-14H2,1-3H3,(H2,22,28). The predicted octanol–water partition coefficient (Wildman–Crippen LogP) is 1.99. The lowest BCUT2D eigenvalue weighted by Gasteiger charge is -2.48. The van der Waals surface area contributed by atoms with Crippen molar-refractivity contribution in [2.24, 2.45) is 11.7 Å². The Balaban J connectivity index is 1.55. The van der Waals surface area contributed by atoms with Crippen LogP contribution in [-0.4, -0.2) is 77.7 Å². The number of likely N-dealkylation sites (N-methyl/N-ethyl adjacent to an activating group) is 1. The highest BCUT2D eigenvalue weighted by molar-refractivity contribution is 5.96. The van der Waals surface area contributed by atoms with E-state index in [0.29, 0.717) is 12.0 Å². The van der Waals surface area contributed by atoms with Crippen molar-refractivity contribution in [3.8, 4) is 0 Å². The van der Waals surface area contributed by atoms with Gasteiger partial charge in [-0.1, -0.05) is 19.9 Å². The Morgan fingerprint density at radius 3 is 2.57 bits per heavy atom. The number of carbonyl (C=O) groups excluding carboxylic acids is 1. The second-order valence-electron chi connectivity index (χ2n) is 8.68. The lowest BCUT2D eigenvalue weighted by atomic mass is 10.0. The second-order valence-corrected chi connectivity index (χ2v) is 8.68. The third-order valence-electron chi connectivity index (χ3n) is 6.16. The number of primary amides is 1. The zero-order valence-corrected chi connectivity index (χ0v) is 17.3. The van der Waals surface area contributed by atoms with Crippen molar-refractivity contribution in [3.63, 3.8) is 0 Å². The molecule has 1 aromatic heterocycles. The number of carbonyl (C=O) groups is 1. The first-order valence-corrected chi connectivity index (χ1v) is 10.4. The van der Waals surface area contributed by atoms with E-state index in [2.05, 4.69) is 41.7 Å². The summed E-state index contributed by atoms with van der Waals surface area (Å²) in [5.41, 5.74) is 8.54. The first kappa shape index (κ1) is 19.2. The monoisotopic (exact) mass is 384 g/mol. The Morgan fingerprint density at radius 1 is 1.21 bits per heavy atom. The van der Waals surface area contributed by atoms with Crippen LogP contribution in [0.3, 0.4) is 0 Å². The van der Waals surface area contributed by atoms with E-state index in [0.717, 1.165) is 74.7 Å². The largest absolute Gasteiger partial charge is 0.366 e. The van der Waals surface area contributed by atoms with Gasteiger partial charge in [0.05, 0.1) is 11.2 Å². The van der Waals surface area contributed by atoms with Crippen molar-refractivity contribution in [2.75, 3.05) is 51.2 Å². The molecule has 0 radical (unpaired) electrons. The van der Waals surface area contributed by atoms with E-state index in [9.17, 15) is 4.79 Å². The van der Waals surface area contributed by atoms with Gasteiger partial charge in [-0.25, -0.2) is 14.3 Å². The van der Waals surface area contributed by atoms with Gasteiger partial charge < -0.3 is 15.5 Å². The van der Waals surface area contributed by atoms with Gasteiger partial charge in [-0.15, -0.1) is 0 Å². The normalized spacial score (nSPS) is 19.5. The Morgan fingerprint density at radius 2 is 1.93 bits per heavy atom. The Hall–Kier alpha value is -2.12. The lowest BCUT2D eigenvalue weighted by molar-refractivity contribution is 0.0964. The molecule has 0 spiro atoms. The summed E-state index contributed by atoms with van der Waals surface area (Å²) in [5, 5.41) is 0. The molecule has 4 rings (SSSR count). The van der Waals surface area contributed by atoms with Gasteiger partial charge in [0.25, 0.3) is 0 Å². The molecule has 2 fully saturated rings. The highest BCUT2D eigenvalue weighted by Crippen LogP contribution is 2.32. The number of aromatic nitrogens is 2. The molecule has 1 amide bonds. The molecule has 0 saturated carbocycles. The van der Waals surface area contributed by atoms with Gasteiger partial charge in [0.15, 0.2) is 0 Å². The fraction of sp³-hybridized carbons (Fsp3) is 0.619. The van der Waals surface area contributed by atoms with Gasteiger partial charge >= 0.3 is 6.03 Å². The van der Waals surface area contributed by atoms with Crippen LogP contribution in [0.5, 0.6) is 0 Å². The minimum atomic E-state index is -0.447.